The average molecular weight is 313 g/mol. The van der Waals surface area contributed by atoms with Crippen LogP contribution in [0.1, 0.15) is 43.5 Å². The summed E-state index contributed by atoms with van der Waals surface area (Å²) in [5.41, 5.74) is -3.22. The first-order valence-corrected chi connectivity index (χ1v) is 6.24. The van der Waals surface area contributed by atoms with Crippen molar-refractivity contribution in [1.82, 2.24) is 5.32 Å². The van der Waals surface area contributed by atoms with Gasteiger partial charge in [0, 0.05) is 6.04 Å². The molecule has 0 aliphatic carbocycles. The predicted octanol–water partition coefficient (Wildman–Crippen LogP) is 5.03. The molecule has 7 heteroatoms. The Balaban J connectivity index is 3.57. The molecule has 120 valence electrons. The quantitative estimate of drug-likeness (QED) is 0.755. The van der Waals surface area contributed by atoms with Crippen LogP contribution in [0.4, 0.5) is 26.3 Å². The van der Waals surface area contributed by atoms with Gasteiger partial charge in [-0.05, 0) is 36.2 Å². The van der Waals surface area contributed by atoms with Crippen molar-refractivity contribution < 1.29 is 26.3 Å². The molecule has 0 saturated heterocycles. The fraction of sp³-hybridized carbons (Fsp3) is 0.571. The van der Waals surface area contributed by atoms with Gasteiger partial charge in [-0.15, -0.1) is 0 Å². The molecule has 1 N–H and O–H groups in total. The van der Waals surface area contributed by atoms with E-state index in [-0.39, 0.29) is 0 Å². The minimum atomic E-state index is -4.71. The van der Waals surface area contributed by atoms with Crippen molar-refractivity contribution in [1.29, 1.82) is 0 Å². The number of rotatable bonds is 2. The lowest BCUT2D eigenvalue weighted by atomic mass is 9.80. The summed E-state index contributed by atoms with van der Waals surface area (Å²) in [6, 6.07) is 0.668. The van der Waals surface area contributed by atoms with Crippen LogP contribution >= 0.6 is 0 Å². The van der Waals surface area contributed by atoms with E-state index in [1.807, 2.05) is 0 Å². The molecule has 0 fully saturated rings. The minimum Gasteiger partial charge on any atom is -0.313 e. The summed E-state index contributed by atoms with van der Waals surface area (Å²) < 4.78 is 77.4. The standard InChI is InChI=1S/C14H17F6N/c1-12(2,3)11(21-4)9-7-8(13(15,16)17)5-6-10(9)14(18,19)20/h5-7,11,21H,1-4H3. The van der Waals surface area contributed by atoms with Crippen LogP contribution < -0.4 is 5.32 Å². The van der Waals surface area contributed by atoms with Crippen LogP contribution in [-0.2, 0) is 12.4 Å². The molecular weight excluding hydrogens is 296 g/mol. The lowest BCUT2D eigenvalue weighted by Gasteiger charge is -2.33. The van der Waals surface area contributed by atoms with Crippen LogP contribution in [0.25, 0.3) is 0 Å². The second-order valence-corrected chi connectivity index (χ2v) is 5.89. The molecule has 0 heterocycles. The molecule has 1 aromatic rings. The van der Waals surface area contributed by atoms with E-state index in [9.17, 15) is 26.3 Å². The molecule has 1 rings (SSSR count). The molecule has 0 spiro atoms. The van der Waals surface area contributed by atoms with Gasteiger partial charge < -0.3 is 5.32 Å². The summed E-state index contributed by atoms with van der Waals surface area (Å²) in [4.78, 5) is 0. The van der Waals surface area contributed by atoms with Crippen LogP contribution in [0.3, 0.4) is 0 Å². The van der Waals surface area contributed by atoms with Crippen molar-refractivity contribution in [2.24, 2.45) is 5.41 Å². The van der Waals surface area contributed by atoms with E-state index in [1.165, 1.54) is 7.05 Å². The van der Waals surface area contributed by atoms with Gasteiger partial charge >= 0.3 is 12.4 Å². The number of hydrogen-bond donors (Lipinski definition) is 1. The normalized spacial score (nSPS) is 15.1. The Hall–Kier alpha value is -1.24. The van der Waals surface area contributed by atoms with Gasteiger partial charge in [0.25, 0.3) is 0 Å². The maximum Gasteiger partial charge on any atom is 0.416 e. The lowest BCUT2D eigenvalue weighted by Crippen LogP contribution is -2.32. The zero-order chi connectivity index (χ0) is 16.6. The molecule has 0 radical (unpaired) electrons. The Morgan fingerprint density at radius 2 is 1.43 bits per heavy atom. The predicted molar refractivity (Wildman–Crippen MR) is 67.7 cm³/mol. The Bertz CT molecular complexity index is 496. The van der Waals surface area contributed by atoms with Crippen LogP contribution in [0, 0.1) is 5.41 Å². The fourth-order valence-electron chi connectivity index (χ4n) is 2.29. The molecule has 0 saturated carbocycles. The van der Waals surface area contributed by atoms with Gasteiger partial charge in [0.1, 0.15) is 0 Å². The first-order valence-electron chi connectivity index (χ1n) is 6.24. The van der Waals surface area contributed by atoms with E-state index in [1.54, 1.807) is 20.8 Å². The van der Waals surface area contributed by atoms with Crippen LogP contribution in [0.2, 0.25) is 0 Å². The third-order valence-corrected chi connectivity index (χ3v) is 3.15. The van der Waals surface area contributed by atoms with Crippen molar-refractivity contribution in [3.8, 4) is 0 Å². The maximum absolute atomic E-state index is 13.1. The Morgan fingerprint density at radius 1 is 0.905 bits per heavy atom. The largest absolute Gasteiger partial charge is 0.416 e. The van der Waals surface area contributed by atoms with E-state index < -0.39 is 40.5 Å². The maximum atomic E-state index is 13.1. The molecule has 0 bridgehead atoms. The summed E-state index contributed by atoms with van der Waals surface area (Å²) in [6.07, 6.45) is -9.39. The van der Waals surface area contributed by atoms with Crippen molar-refractivity contribution in [3.05, 3.63) is 34.9 Å². The van der Waals surface area contributed by atoms with E-state index in [2.05, 4.69) is 5.32 Å². The van der Waals surface area contributed by atoms with Crippen molar-refractivity contribution in [2.45, 2.75) is 39.2 Å². The number of nitrogens with one attached hydrogen (secondary N) is 1. The Labute approximate surface area is 119 Å². The highest BCUT2D eigenvalue weighted by molar-refractivity contribution is 5.38. The van der Waals surface area contributed by atoms with Crippen molar-refractivity contribution >= 4 is 0 Å². The monoisotopic (exact) mass is 313 g/mol. The van der Waals surface area contributed by atoms with Gasteiger partial charge in [-0.1, -0.05) is 20.8 Å². The van der Waals surface area contributed by atoms with Gasteiger partial charge in [-0.2, -0.15) is 26.3 Å². The Kier molecular flexibility index (Phi) is 4.68. The number of hydrogen-bond acceptors (Lipinski definition) is 1. The summed E-state index contributed by atoms with van der Waals surface area (Å²) in [7, 11) is 1.43. The zero-order valence-corrected chi connectivity index (χ0v) is 12.1. The van der Waals surface area contributed by atoms with Crippen molar-refractivity contribution in [3.63, 3.8) is 0 Å². The summed E-state index contributed by atoms with van der Waals surface area (Å²) in [5.74, 6) is 0. The first kappa shape index (κ1) is 17.8. The number of alkyl halides is 6. The van der Waals surface area contributed by atoms with E-state index >= 15 is 0 Å². The molecule has 1 aromatic carbocycles. The molecule has 1 unspecified atom stereocenters. The smallest absolute Gasteiger partial charge is 0.313 e. The molecule has 1 nitrogen and oxygen atoms in total. The number of halogens is 6. The van der Waals surface area contributed by atoms with Gasteiger partial charge in [0.15, 0.2) is 0 Å². The zero-order valence-electron chi connectivity index (χ0n) is 12.1. The summed E-state index contributed by atoms with van der Waals surface area (Å²) in [5, 5.41) is 2.68. The minimum absolute atomic E-state index is 0.396. The van der Waals surface area contributed by atoms with Gasteiger partial charge in [0.05, 0.1) is 11.1 Å². The molecule has 0 amide bonds. The van der Waals surface area contributed by atoms with E-state index in [0.29, 0.717) is 18.2 Å². The van der Waals surface area contributed by atoms with E-state index in [0.717, 1.165) is 0 Å². The molecular formula is C14H17F6N. The van der Waals surface area contributed by atoms with Gasteiger partial charge in [-0.3, -0.25) is 0 Å². The molecule has 21 heavy (non-hydrogen) atoms. The van der Waals surface area contributed by atoms with Crippen molar-refractivity contribution in [2.75, 3.05) is 7.05 Å². The Morgan fingerprint density at radius 3 is 1.76 bits per heavy atom. The lowest BCUT2D eigenvalue weighted by molar-refractivity contribution is -0.142. The topological polar surface area (TPSA) is 12.0 Å². The van der Waals surface area contributed by atoms with E-state index in [4.69, 9.17) is 0 Å². The summed E-state index contributed by atoms with van der Waals surface area (Å²) in [6.45, 7) is 4.98. The molecule has 1 atom stereocenters. The fourth-order valence-corrected chi connectivity index (χ4v) is 2.29. The summed E-state index contributed by atoms with van der Waals surface area (Å²) >= 11 is 0. The van der Waals surface area contributed by atoms with Crippen LogP contribution in [0.15, 0.2) is 18.2 Å². The molecule has 0 aliphatic heterocycles. The SMILES string of the molecule is CNC(c1cc(C(F)(F)F)ccc1C(F)(F)F)C(C)(C)C. The number of benzene rings is 1. The van der Waals surface area contributed by atoms with Crippen LogP contribution in [-0.4, -0.2) is 7.05 Å². The second-order valence-electron chi connectivity index (χ2n) is 5.89. The first-order chi connectivity index (χ1) is 9.28. The molecule has 0 aliphatic rings. The second kappa shape index (κ2) is 5.51. The molecule has 0 aromatic heterocycles. The van der Waals surface area contributed by atoms with Gasteiger partial charge in [-0.25, -0.2) is 0 Å². The highest BCUT2D eigenvalue weighted by Crippen LogP contribution is 2.42. The third-order valence-electron chi connectivity index (χ3n) is 3.15. The highest BCUT2D eigenvalue weighted by Gasteiger charge is 2.40. The van der Waals surface area contributed by atoms with Gasteiger partial charge in [0.2, 0.25) is 0 Å². The highest BCUT2D eigenvalue weighted by atomic mass is 19.4. The third kappa shape index (κ3) is 4.12. The van der Waals surface area contributed by atoms with Crippen LogP contribution in [0.5, 0.6) is 0 Å². The average Bonchev–Trinajstić information content (AvgIpc) is 2.25.